The molecule has 0 N–H and O–H groups in total. The Hall–Kier alpha value is -1.64. The molecular weight excluding hydrogens is 202 g/mol. The third-order valence-electron chi connectivity index (χ3n) is 3.35. The highest BCUT2D eigenvalue weighted by atomic mass is 16.6. The van der Waals surface area contributed by atoms with E-state index in [-0.39, 0.29) is 12.5 Å². The van der Waals surface area contributed by atoms with Gasteiger partial charge in [-0.05, 0) is 25.3 Å². The lowest BCUT2D eigenvalue weighted by Crippen LogP contribution is -2.48. The first kappa shape index (κ1) is 9.58. The maximum Gasteiger partial charge on any atom is 0.328 e. The molecule has 1 aliphatic heterocycles. The summed E-state index contributed by atoms with van der Waals surface area (Å²) >= 11 is 0. The highest BCUT2D eigenvalue weighted by molar-refractivity contribution is 6.11. The highest BCUT2D eigenvalue weighted by Crippen LogP contribution is 2.33. The van der Waals surface area contributed by atoms with E-state index in [2.05, 4.69) is 17.1 Å². The fourth-order valence-corrected chi connectivity index (χ4v) is 2.52. The van der Waals surface area contributed by atoms with Gasteiger partial charge in [-0.3, -0.25) is 9.79 Å². The first-order valence-corrected chi connectivity index (χ1v) is 5.54. The molecule has 0 bridgehead atoms. The van der Waals surface area contributed by atoms with E-state index in [1.165, 1.54) is 5.56 Å². The van der Waals surface area contributed by atoms with Crippen molar-refractivity contribution in [1.82, 2.24) is 0 Å². The van der Waals surface area contributed by atoms with Gasteiger partial charge in [-0.2, -0.15) is 0 Å². The molecule has 0 fully saturated rings. The number of benzene rings is 1. The van der Waals surface area contributed by atoms with Crippen LogP contribution in [0.1, 0.15) is 24.5 Å². The number of esters is 1. The van der Waals surface area contributed by atoms with Gasteiger partial charge in [-0.1, -0.05) is 24.3 Å². The Morgan fingerprint density at radius 2 is 2.19 bits per heavy atom. The van der Waals surface area contributed by atoms with Crippen LogP contribution in [0, 0.1) is 0 Å². The molecule has 1 atom stereocenters. The monoisotopic (exact) mass is 215 g/mol. The lowest BCUT2D eigenvalue weighted by Gasteiger charge is -2.38. The summed E-state index contributed by atoms with van der Waals surface area (Å²) in [5.74, 6) is -0.217. The lowest BCUT2D eigenvalue weighted by molar-refractivity contribution is -0.152. The first-order valence-electron chi connectivity index (χ1n) is 5.54. The molecular formula is C13H13NO2. The molecule has 3 heteroatoms. The Morgan fingerprint density at radius 1 is 1.38 bits per heavy atom. The van der Waals surface area contributed by atoms with Gasteiger partial charge in [0.25, 0.3) is 0 Å². The molecule has 0 unspecified atom stereocenters. The second-order valence-corrected chi connectivity index (χ2v) is 4.53. The van der Waals surface area contributed by atoms with E-state index < -0.39 is 5.60 Å². The van der Waals surface area contributed by atoms with Gasteiger partial charge in [-0.15, -0.1) is 0 Å². The van der Waals surface area contributed by atoms with Crippen LogP contribution in [0.4, 0.5) is 0 Å². The fourth-order valence-electron chi connectivity index (χ4n) is 2.52. The number of ether oxygens (including phenoxy) is 1. The quantitative estimate of drug-likeness (QED) is 0.618. The summed E-state index contributed by atoms with van der Waals surface area (Å²) in [7, 11) is 0. The van der Waals surface area contributed by atoms with E-state index in [1.807, 2.05) is 19.1 Å². The van der Waals surface area contributed by atoms with Crippen LogP contribution in [-0.2, 0) is 16.0 Å². The topological polar surface area (TPSA) is 38.7 Å². The van der Waals surface area contributed by atoms with E-state index >= 15 is 0 Å². The Labute approximate surface area is 94.1 Å². The maximum atomic E-state index is 11.3. The second-order valence-electron chi connectivity index (χ2n) is 4.53. The summed E-state index contributed by atoms with van der Waals surface area (Å²) in [4.78, 5) is 15.7. The van der Waals surface area contributed by atoms with Crippen molar-refractivity contribution in [2.75, 3.05) is 6.54 Å². The average molecular weight is 215 g/mol. The lowest BCUT2D eigenvalue weighted by atomic mass is 9.79. The number of hydrogen-bond donors (Lipinski definition) is 0. The highest BCUT2D eigenvalue weighted by Gasteiger charge is 2.41. The molecule has 1 aliphatic carbocycles. The number of aliphatic imine (C=N–C) groups is 1. The minimum atomic E-state index is -0.510. The summed E-state index contributed by atoms with van der Waals surface area (Å²) in [5.41, 5.74) is 2.87. The summed E-state index contributed by atoms with van der Waals surface area (Å²) in [6, 6.07) is 8.22. The first-order chi connectivity index (χ1) is 7.69. The van der Waals surface area contributed by atoms with E-state index in [9.17, 15) is 4.79 Å². The van der Waals surface area contributed by atoms with Crippen LogP contribution in [0.5, 0.6) is 0 Å². The van der Waals surface area contributed by atoms with Crippen molar-refractivity contribution >= 4 is 11.7 Å². The fraction of sp³-hybridized carbons (Fsp3) is 0.385. The second kappa shape index (κ2) is 3.17. The minimum absolute atomic E-state index is 0.152. The van der Waals surface area contributed by atoms with Crippen molar-refractivity contribution < 1.29 is 9.53 Å². The molecule has 0 aromatic heterocycles. The number of carbonyl (C=O) groups is 1. The number of rotatable bonds is 0. The number of fused-ring (bicyclic) bond motifs is 3. The minimum Gasteiger partial charge on any atom is -0.451 e. The van der Waals surface area contributed by atoms with E-state index in [1.54, 1.807) is 0 Å². The molecule has 1 aromatic rings. The number of aryl methyl sites for hydroxylation is 1. The largest absolute Gasteiger partial charge is 0.451 e. The Balaban J connectivity index is 2.16. The average Bonchev–Trinajstić information content (AvgIpc) is 2.27. The SMILES string of the molecule is C[C@]12CCc3ccccc3C1=NCC(=O)O2. The molecule has 0 spiro atoms. The zero-order valence-electron chi connectivity index (χ0n) is 9.19. The van der Waals surface area contributed by atoms with Gasteiger partial charge in [0.05, 0.1) is 5.71 Å². The Morgan fingerprint density at radius 3 is 3.06 bits per heavy atom. The summed E-state index contributed by atoms with van der Waals surface area (Å²) < 4.78 is 5.46. The van der Waals surface area contributed by atoms with Gasteiger partial charge in [-0.25, -0.2) is 0 Å². The molecule has 16 heavy (non-hydrogen) atoms. The summed E-state index contributed by atoms with van der Waals surface area (Å²) in [5, 5.41) is 0. The van der Waals surface area contributed by atoms with Crippen LogP contribution in [0.25, 0.3) is 0 Å². The molecule has 1 heterocycles. The summed E-state index contributed by atoms with van der Waals surface area (Å²) in [6.45, 7) is 2.11. The number of hydrogen-bond acceptors (Lipinski definition) is 3. The van der Waals surface area contributed by atoms with Crippen molar-refractivity contribution in [3.8, 4) is 0 Å². The molecule has 1 aromatic carbocycles. The van der Waals surface area contributed by atoms with Crippen molar-refractivity contribution in [2.45, 2.75) is 25.4 Å². The zero-order chi connectivity index (χ0) is 11.2. The van der Waals surface area contributed by atoms with Crippen LogP contribution < -0.4 is 0 Å². The molecule has 82 valence electrons. The van der Waals surface area contributed by atoms with Gasteiger partial charge in [0.1, 0.15) is 6.54 Å². The van der Waals surface area contributed by atoms with Crippen LogP contribution in [0.15, 0.2) is 29.3 Å². The van der Waals surface area contributed by atoms with Gasteiger partial charge in [0.2, 0.25) is 0 Å². The van der Waals surface area contributed by atoms with Crippen molar-refractivity contribution in [3.63, 3.8) is 0 Å². The third-order valence-corrected chi connectivity index (χ3v) is 3.35. The standard InChI is InChI=1S/C13H13NO2/c1-13-7-6-9-4-2-3-5-10(9)12(13)14-8-11(15)16-13/h2-5H,6-8H2,1H3/t13-/m0/s1. The van der Waals surface area contributed by atoms with Gasteiger partial charge < -0.3 is 4.74 Å². The molecule has 0 radical (unpaired) electrons. The number of carbonyl (C=O) groups excluding carboxylic acids is 1. The van der Waals surface area contributed by atoms with Crippen molar-refractivity contribution in [2.24, 2.45) is 4.99 Å². The van der Waals surface area contributed by atoms with Gasteiger partial charge >= 0.3 is 5.97 Å². The molecule has 3 nitrogen and oxygen atoms in total. The number of nitrogens with zero attached hydrogens (tertiary/aromatic N) is 1. The van der Waals surface area contributed by atoms with Gasteiger partial charge in [0, 0.05) is 5.56 Å². The van der Waals surface area contributed by atoms with Crippen molar-refractivity contribution in [1.29, 1.82) is 0 Å². The predicted octanol–water partition coefficient (Wildman–Crippen LogP) is 1.74. The Bertz CT molecular complexity index is 492. The van der Waals surface area contributed by atoms with Crippen LogP contribution in [-0.4, -0.2) is 23.8 Å². The third kappa shape index (κ3) is 1.28. The van der Waals surface area contributed by atoms with Crippen LogP contribution in [0.3, 0.4) is 0 Å². The summed E-state index contributed by atoms with van der Waals surface area (Å²) in [6.07, 6.45) is 1.77. The predicted molar refractivity (Wildman–Crippen MR) is 60.7 cm³/mol. The maximum absolute atomic E-state index is 11.3. The van der Waals surface area contributed by atoms with E-state index in [4.69, 9.17) is 4.74 Å². The van der Waals surface area contributed by atoms with Crippen molar-refractivity contribution in [3.05, 3.63) is 35.4 Å². The van der Waals surface area contributed by atoms with Crippen LogP contribution in [0.2, 0.25) is 0 Å². The zero-order valence-corrected chi connectivity index (χ0v) is 9.19. The molecule has 0 saturated carbocycles. The molecule has 0 saturated heterocycles. The normalized spacial score (nSPS) is 27.6. The molecule has 2 aliphatic rings. The molecule has 0 amide bonds. The Kier molecular flexibility index (Phi) is 1.90. The molecule has 3 rings (SSSR count). The smallest absolute Gasteiger partial charge is 0.328 e. The van der Waals surface area contributed by atoms with E-state index in [0.717, 1.165) is 24.1 Å². The van der Waals surface area contributed by atoms with Crippen LogP contribution >= 0.6 is 0 Å². The van der Waals surface area contributed by atoms with E-state index in [0.29, 0.717) is 0 Å². The van der Waals surface area contributed by atoms with Gasteiger partial charge in [0.15, 0.2) is 5.60 Å².